The van der Waals surface area contributed by atoms with Gasteiger partial charge in [0.05, 0.1) is 0 Å². The molecule has 1 aliphatic heterocycles. The van der Waals surface area contributed by atoms with Gasteiger partial charge >= 0.3 is 5.97 Å². The highest BCUT2D eigenvalue weighted by molar-refractivity contribution is 5.83. The fraction of sp³-hybridized carbons (Fsp3) is 0.778. The van der Waals surface area contributed by atoms with E-state index in [4.69, 9.17) is 10.8 Å². The van der Waals surface area contributed by atoms with Crippen molar-refractivity contribution in [2.24, 2.45) is 5.73 Å². The highest BCUT2D eigenvalue weighted by Crippen LogP contribution is 2.17. The normalized spacial score (nSPS) is 22.1. The molecule has 1 saturated heterocycles. The zero-order valence-electron chi connectivity index (χ0n) is 8.11. The van der Waals surface area contributed by atoms with Crippen LogP contribution in [-0.4, -0.2) is 41.0 Å². The molecule has 80 valence electrons. The average Bonchev–Trinajstić information content (AvgIpc) is 2.18. The lowest BCUT2D eigenvalue weighted by molar-refractivity contribution is -0.152. The van der Waals surface area contributed by atoms with Gasteiger partial charge in [0.2, 0.25) is 5.91 Å². The number of carboxylic acids is 1. The second-order valence-corrected chi connectivity index (χ2v) is 3.48. The molecule has 3 N–H and O–H groups in total. The van der Waals surface area contributed by atoms with Gasteiger partial charge in [0, 0.05) is 19.5 Å². The van der Waals surface area contributed by atoms with Crippen molar-refractivity contribution >= 4 is 11.9 Å². The number of carbonyl (C=O) groups is 2. The lowest BCUT2D eigenvalue weighted by Crippen LogP contribution is -2.48. The molecule has 0 bridgehead atoms. The van der Waals surface area contributed by atoms with Crippen molar-refractivity contribution in [3.8, 4) is 0 Å². The molecular weight excluding hydrogens is 184 g/mol. The van der Waals surface area contributed by atoms with Crippen molar-refractivity contribution in [1.29, 1.82) is 0 Å². The second-order valence-electron chi connectivity index (χ2n) is 3.48. The maximum Gasteiger partial charge on any atom is 0.326 e. The lowest BCUT2D eigenvalue weighted by atomic mass is 10.0. The van der Waals surface area contributed by atoms with E-state index in [0.717, 1.165) is 12.8 Å². The third-order valence-electron chi connectivity index (χ3n) is 2.47. The molecule has 1 amide bonds. The Morgan fingerprint density at radius 1 is 1.43 bits per heavy atom. The molecule has 0 aromatic heterocycles. The van der Waals surface area contributed by atoms with E-state index >= 15 is 0 Å². The number of nitrogens with zero attached hydrogens (tertiary/aromatic N) is 1. The molecule has 5 nitrogen and oxygen atoms in total. The summed E-state index contributed by atoms with van der Waals surface area (Å²) in [5.41, 5.74) is 5.26. The van der Waals surface area contributed by atoms with E-state index in [1.54, 1.807) is 0 Å². The highest BCUT2D eigenvalue weighted by Gasteiger charge is 2.31. The van der Waals surface area contributed by atoms with Crippen molar-refractivity contribution in [3.63, 3.8) is 0 Å². The van der Waals surface area contributed by atoms with E-state index < -0.39 is 12.0 Å². The minimum absolute atomic E-state index is 0.139. The molecule has 1 aliphatic rings. The van der Waals surface area contributed by atoms with E-state index in [1.807, 2.05) is 0 Å². The molecule has 0 aromatic carbocycles. The molecule has 0 unspecified atom stereocenters. The molecule has 0 radical (unpaired) electrons. The second kappa shape index (κ2) is 4.95. The molecule has 1 fully saturated rings. The molecule has 14 heavy (non-hydrogen) atoms. The maximum atomic E-state index is 11.5. The SMILES string of the molecule is NCCC(=O)N1CCCC[C@@H]1C(=O)O. The number of likely N-dealkylation sites (tertiary alicyclic amines) is 1. The Bertz CT molecular complexity index is 230. The van der Waals surface area contributed by atoms with Crippen LogP contribution >= 0.6 is 0 Å². The molecule has 1 rings (SSSR count). The van der Waals surface area contributed by atoms with Crippen LogP contribution in [0.15, 0.2) is 0 Å². The molecule has 0 saturated carbocycles. The summed E-state index contributed by atoms with van der Waals surface area (Å²) in [4.78, 5) is 23.8. The summed E-state index contributed by atoms with van der Waals surface area (Å²) in [5.74, 6) is -1.05. The van der Waals surface area contributed by atoms with Crippen LogP contribution in [0.25, 0.3) is 0 Å². The number of rotatable bonds is 3. The Morgan fingerprint density at radius 2 is 2.14 bits per heavy atom. The Hall–Kier alpha value is -1.10. The zero-order valence-corrected chi connectivity index (χ0v) is 8.11. The molecule has 1 atom stereocenters. The Labute approximate surface area is 82.9 Å². The number of hydrogen-bond acceptors (Lipinski definition) is 3. The predicted octanol–water partition coefficient (Wildman–Crippen LogP) is -0.199. The first-order valence-corrected chi connectivity index (χ1v) is 4.89. The van der Waals surface area contributed by atoms with Crippen LogP contribution in [0.3, 0.4) is 0 Å². The summed E-state index contributed by atoms with van der Waals surface area (Å²) in [6.07, 6.45) is 2.57. The first kappa shape index (κ1) is 11.0. The number of carbonyl (C=O) groups excluding carboxylic acids is 1. The summed E-state index contributed by atoms with van der Waals surface area (Å²) in [6, 6.07) is -0.636. The molecule has 0 aromatic rings. The lowest BCUT2D eigenvalue weighted by Gasteiger charge is -2.32. The number of nitrogens with two attached hydrogens (primary N) is 1. The van der Waals surface area contributed by atoms with Crippen LogP contribution < -0.4 is 5.73 Å². The summed E-state index contributed by atoms with van der Waals surface area (Å²) >= 11 is 0. The van der Waals surface area contributed by atoms with Gasteiger partial charge in [-0.1, -0.05) is 0 Å². The summed E-state index contributed by atoms with van der Waals surface area (Å²) in [7, 11) is 0. The summed E-state index contributed by atoms with van der Waals surface area (Å²) in [5, 5.41) is 8.90. The van der Waals surface area contributed by atoms with Gasteiger partial charge in [0.1, 0.15) is 6.04 Å². The van der Waals surface area contributed by atoms with E-state index in [1.165, 1.54) is 4.90 Å². The standard InChI is InChI=1S/C9H16N2O3/c10-5-4-8(12)11-6-2-1-3-7(11)9(13)14/h7H,1-6,10H2,(H,13,14)/t7-/m1/s1. The van der Waals surface area contributed by atoms with Crippen LogP contribution in [0.5, 0.6) is 0 Å². The summed E-state index contributed by atoms with van der Waals surface area (Å²) < 4.78 is 0. The van der Waals surface area contributed by atoms with Gasteiger partial charge in [0.15, 0.2) is 0 Å². The van der Waals surface area contributed by atoms with Crippen LogP contribution in [-0.2, 0) is 9.59 Å². The van der Waals surface area contributed by atoms with Crippen molar-refractivity contribution in [1.82, 2.24) is 4.90 Å². The van der Waals surface area contributed by atoms with E-state index in [9.17, 15) is 9.59 Å². The quantitative estimate of drug-likeness (QED) is 0.661. The van der Waals surface area contributed by atoms with Crippen molar-refractivity contribution in [3.05, 3.63) is 0 Å². The van der Waals surface area contributed by atoms with Gasteiger partial charge < -0.3 is 15.7 Å². The average molecular weight is 200 g/mol. The van der Waals surface area contributed by atoms with Crippen LogP contribution in [0.4, 0.5) is 0 Å². The van der Waals surface area contributed by atoms with Gasteiger partial charge in [-0.25, -0.2) is 4.79 Å². The van der Waals surface area contributed by atoms with Gasteiger partial charge in [-0.2, -0.15) is 0 Å². The van der Waals surface area contributed by atoms with Crippen molar-refractivity contribution < 1.29 is 14.7 Å². The number of amides is 1. The minimum Gasteiger partial charge on any atom is -0.480 e. The molecular formula is C9H16N2O3. The van der Waals surface area contributed by atoms with Gasteiger partial charge in [-0.15, -0.1) is 0 Å². The largest absolute Gasteiger partial charge is 0.480 e. The first-order valence-electron chi connectivity index (χ1n) is 4.89. The third-order valence-corrected chi connectivity index (χ3v) is 2.47. The number of aliphatic carboxylic acids is 1. The fourth-order valence-electron chi connectivity index (χ4n) is 1.75. The molecule has 1 heterocycles. The molecule has 0 spiro atoms. The molecule has 5 heteroatoms. The zero-order chi connectivity index (χ0) is 10.6. The first-order chi connectivity index (χ1) is 6.66. The maximum absolute atomic E-state index is 11.5. The van der Waals surface area contributed by atoms with Crippen molar-refractivity contribution in [2.45, 2.75) is 31.7 Å². The topological polar surface area (TPSA) is 83.6 Å². The van der Waals surface area contributed by atoms with Crippen LogP contribution in [0.2, 0.25) is 0 Å². The smallest absolute Gasteiger partial charge is 0.326 e. The van der Waals surface area contributed by atoms with Gasteiger partial charge in [-0.3, -0.25) is 4.79 Å². The molecule has 0 aliphatic carbocycles. The van der Waals surface area contributed by atoms with E-state index in [0.29, 0.717) is 13.0 Å². The van der Waals surface area contributed by atoms with E-state index in [-0.39, 0.29) is 18.9 Å². The van der Waals surface area contributed by atoms with Gasteiger partial charge in [-0.05, 0) is 19.3 Å². The van der Waals surface area contributed by atoms with Crippen LogP contribution in [0.1, 0.15) is 25.7 Å². The van der Waals surface area contributed by atoms with Crippen molar-refractivity contribution in [2.75, 3.05) is 13.1 Å². The Kier molecular flexibility index (Phi) is 3.88. The van der Waals surface area contributed by atoms with Gasteiger partial charge in [0.25, 0.3) is 0 Å². The summed E-state index contributed by atoms with van der Waals surface area (Å²) in [6.45, 7) is 0.831. The Balaban J connectivity index is 2.62. The fourth-order valence-corrected chi connectivity index (χ4v) is 1.75. The van der Waals surface area contributed by atoms with Crippen LogP contribution in [0, 0.1) is 0 Å². The number of carboxylic acid groups (broad SMARTS) is 1. The third kappa shape index (κ3) is 2.45. The number of piperidine rings is 1. The predicted molar refractivity (Wildman–Crippen MR) is 50.7 cm³/mol. The number of hydrogen-bond donors (Lipinski definition) is 2. The van der Waals surface area contributed by atoms with E-state index in [2.05, 4.69) is 0 Å². The highest BCUT2D eigenvalue weighted by atomic mass is 16.4. The minimum atomic E-state index is -0.907. The monoisotopic (exact) mass is 200 g/mol. The Morgan fingerprint density at radius 3 is 2.71 bits per heavy atom.